The van der Waals surface area contributed by atoms with Gasteiger partial charge >= 0.3 is 0 Å². The van der Waals surface area contributed by atoms with Crippen molar-refractivity contribution in [3.05, 3.63) is 59.9 Å². The first-order chi connectivity index (χ1) is 17.5. The number of anilines is 2. The predicted octanol–water partition coefficient (Wildman–Crippen LogP) is 2.73. The van der Waals surface area contributed by atoms with Crippen LogP contribution in [0.25, 0.3) is 22.1 Å². The lowest BCUT2D eigenvalue weighted by Crippen LogP contribution is -2.31. The highest BCUT2D eigenvalue weighted by Gasteiger charge is 2.07. The predicted molar refractivity (Wildman–Crippen MR) is 141 cm³/mol. The molecule has 10 nitrogen and oxygen atoms in total. The molecule has 0 bridgehead atoms. The van der Waals surface area contributed by atoms with Crippen molar-refractivity contribution in [2.24, 2.45) is 0 Å². The summed E-state index contributed by atoms with van der Waals surface area (Å²) in [7, 11) is 0. The molecule has 36 heavy (non-hydrogen) atoms. The maximum absolute atomic E-state index is 12.2. The second-order valence-corrected chi connectivity index (χ2v) is 8.49. The topological polar surface area (TPSA) is 134 Å². The van der Waals surface area contributed by atoms with Gasteiger partial charge in [0.25, 0.3) is 0 Å². The third-order valence-electron chi connectivity index (χ3n) is 5.45. The summed E-state index contributed by atoms with van der Waals surface area (Å²) >= 11 is 0. The molecule has 0 saturated heterocycles. The van der Waals surface area contributed by atoms with Crippen LogP contribution in [0.5, 0.6) is 0 Å². The van der Waals surface area contributed by atoms with Crippen LogP contribution < -0.4 is 21.3 Å². The molecule has 2 amide bonds. The van der Waals surface area contributed by atoms with Crippen molar-refractivity contribution in [3.8, 4) is 0 Å². The van der Waals surface area contributed by atoms with Crippen molar-refractivity contribution >= 4 is 45.5 Å². The molecule has 4 aromatic heterocycles. The monoisotopic (exact) mass is 486 g/mol. The zero-order chi connectivity index (χ0) is 25.3. The van der Waals surface area contributed by atoms with Crippen LogP contribution >= 0.6 is 0 Å². The summed E-state index contributed by atoms with van der Waals surface area (Å²) in [4.78, 5) is 41.9. The molecule has 186 valence electrons. The molecule has 0 unspecified atom stereocenters. The minimum absolute atomic E-state index is 0.112. The number of aromatic nitrogens is 4. The third kappa shape index (κ3) is 7.24. The van der Waals surface area contributed by atoms with Crippen molar-refractivity contribution in [2.75, 3.05) is 36.8 Å². The molecule has 4 N–H and O–H groups in total. The molecule has 0 radical (unpaired) electrons. The van der Waals surface area contributed by atoms with Gasteiger partial charge in [-0.2, -0.15) is 0 Å². The lowest BCUT2D eigenvalue weighted by molar-refractivity contribution is -0.117. The van der Waals surface area contributed by atoms with E-state index in [4.69, 9.17) is 0 Å². The van der Waals surface area contributed by atoms with Crippen LogP contribution in [0.4, 0.5) is 11.6 Å². The number of rotatable bonds is 11. The second kappa shape index (κ2) is 12.1. The number of hydrogen-bond acceptors (Lipinski definition) is 8. The van der Waals surface area contributed by atoms with Gasteiger partial charge < -0.3 is 21.3 Å². The van der Waals surface area contributed by atoms with E-state index in [0.717, 1.165) is 22.2 Å². The molecule has 0 aliphatic rings. The molecule has 0 fully saturated rings. The SMILES string of the molecule is Cc1ccc2ccc(NC(=O)CCNCCNCCC(=O)Nc3ccc4ccc(C)nc4n3)nc2n1. The summed E-state index contributed by atoms with van der Waals surface area (Å²) in [5, 5.41) is 13.9. The van der Waals surface area contributed by atoms with Crippen molar-refractivity contribution in [3.63, 3.8) is 0 Å². The Balaban J connectivity index is 1.07. The highest BCUT2D eigenvalue weighted by Crippen LogP contribution is 2.15. The number of fused-ring (bicyclic) bond motifs is 2. The molecule has 4 aromatic rings. The van der Waals surface area contributed by atoms with E-state index in [2.05, 4.69) is 41.2 Å². The summed E-state index contributed by atoms with van der Waals surface area (Å²) in [5.41, 5.74) is 3.00. The van der Waals surface area contributed by atoms with Crippen LogP contribution in [0, 0.1) is 13.8 Å². The highest BCUT2D eigenvalue weighted by molar-refractivity contribution is 5.91. The normalized spacial score (nSPS) is 11.1. The van der Waals surface area contributed by atoms with Crippen LogP contribution in [-0.2, 0) is 9.59 Å². The molecule has 0 aliphatic heterocycles. The second-order valence-electron chi connectivity index (χ2n) is 8.49. The van der Waals surface area contributed by atoms with E-state index >= 15 is 0 Å². The van der Waals surface area contributed by atoms with Crippen molar-refractivity contribution < 1.29 is 9.59 Å². The van der Waals surface area contributed by atoms with Crippen LogP contribution in [-0.4, -0.2) is 57.9 Å². The fourth-order valence-electron chi connectivity index (χ4n) is 3.57. The molecule has 4 heterocycles. The smallest absolute Gasteiger partial charge is 0.226 e. The first kappa shape index (κ1) is 25.1. The Hall–Kier alpha value is -4.02. The Kier molecular flexibility index (Phi) is 8.43. The van der Waals surface area contributed by atoms with Gasteiger partial charge in [-0.05, 0) is 62.4 Å². The maximum Gasteiger partial charge on any atom is 0.226 e. The van der Waals surface area contributed by atoms with Crippen LogP contribution in [0.3, 0.4) is 0 Å². The van der Waals surface area contributed by atoms with Crippen molar-refractivity contribution in [1.29, 1.82) is 0 Å². The lowest BCUT2D eigenvalue weighted by atomic mass is 10.2. The maximum atomic E-state index is 12.2. The lowest BCUT2D eigenvalue weighted by Gasteiger charge is -2.08. The zero-order valence-electron chi connectivity index (χ0n) is 20.5. The number of nitrogens with one attached hydrogen (secondary N) is 4. The van der Waals surface area contributed by atoms with Gasteiger partial charge in [-0.3, -0.25) is 9.59 Å². The number of carbonyl (C=O) groups is 2. The Morgan fingerprint density at radius 1 is 0.583 bits per heavy atom. The van der Waals surface area contributed by atoms with Crippen LogP contribution in [0.1, 0.15) is 24.2 Å². The van der Waals surface area contributed by atoms with Gasteiger partial charge in [-0.15, -0.1) is 0 Å². The molecule has 0 saturated carbocycles. The van der Waals surface area contributed by atoms with E-state index < -0.39 is 0 Å². The Morgan fingerprint density at radius 2 is 1.00 bits per heavy atom. The number of pyridine rings is 4. The van der Waals surface area contributed by atoms with Gasteiger partial charge in [-0.25, -0.2) is 19.9 Å². The first-order valence-electron chi connectivity index (χ1n) is 12.0. The molecular weight excluding hydrogens is 456 g/mol. The van der Waals surface area contributed by atoms with E-state index in [1.807, 2.05) is 50.2 Å². The van der Waals surface area contributed by atoms with Gasteiger partial charge in [0.1, 0.15) is 11.6 Å². The molecule has 4 rings (SSSR count). The minimum Gasteiger partial charge on any atom is -0.315 e. The molecule has 0 spiro atoms. The molecular formula is C26H30N8O2. The van der Waals surface area contributed by atoms with Crippen molar-refractivity contribution in [2.45, 2.75) is 26.7 Å². The molecule has 10 heteroatoms. The summed E-state index contributed by atoms with van der Waals surface area (Å²) in [5.74, 6) is 0.769. The summed E-state index contributed by atoms with van der Waals surface area (Å²) < 4.78 is 0. The summed E-state index contributed by atoms with van der Waals surface area (Å²) in [6, 6.07) is 15.1. The van der Waals surface area contributed by atoms with Crippen molar-refractivity contribution in [1.82, 2.24) is 30.6 Å². The largest absolute Gasteiger partial charge is 0.315 e. The number of carbonyl (C=O) groups excluding carboxylic acids is 2. The Bertz CT molecular complexity index is 1270. The van der Waals surface area contributed by atoms with Gasteiger partial charge in [0.15, 0.2) is 11.3 Å². The van der Waals surface area contributed by atoms with Gasteiger partial charge in [-0.1, -0.05) is 0 Å². The minimum atomic E-state index is -0.112. The first-order valence-corrected chi connectivity index (χ1v) is 12.0. The number of hydrogen-bond donors (Lipinski definition) is 4. The average Bonchev–Trinajstić information content (AvgIpc) is 2.85. The van der Waals surface area contributed by atoms with E-state index in [1.165, 1.54) is 0 Å². The highest BCUT2D eigenvalue weighted by atomic mass is 16.2. The molecule has 0 aliphatic carbocycles. The standard InChI is InChI=1S/C26H30N8O2/c1-17-3-5-19-7-9-21(33-25(19)29-17)31-23(35)11-13-27-15-16-28-14-12-24(36)32-22-10-8-20-6-4-18(2)30-26(20)34-22/h3-10,27-28H,11-16H2,1-2H3,(H,29,31,33,35)(H,30,32,34,36). The van der Waals surface area contributed by atoms with Gasteiger partial charge in [0.2, 0.25) is 11.8 Å². The van der Waals surface area contributed by atoms with Gasteiger partial charge in [0, 0.05) is 61.2 Å². The third-order valence-corrected chi connectivity index (χ3v) is 5.45. The van der Waals surface area contributed by atoms with E-state index in [1.54, 1.807) is 12.1 Å². The fourth-order valence-corrected chi connectivity index (χ4v) is 3.57. The van der Waals surface area contributed by atoms with Crippen LogP contribution in [0.15, 0.2) is 48.5 Å². The number of nitrogens with zero attached hydrogens (tertiary/aromatic N) is 4. The van der Waals surface area contributed by atoms with E-state index in [-0.39, 0.29) is 11.8 Å². The Morgan fingerprint density at radius 3 is 1.44 bits per heavy atom. The van der Waals surface area contributed by atoms with E-state index in [0.29, 0.717) is 62.0 Å². The Labute approximate surface area is 209 Å². The summed E-state index contributed by atoms with van der Waals surface area (Å²) in [6.07, 6.45) is 0.660. The van der Waals surface area contributed by atoms with Gasteiger partial charge in [0.05, 0.1) is 0 Å². The number of amides is 2. The van der Waals surface area contributed by atoms with Crippen LogP contribution in [0.2, 0.25) is 0 Å². The molecule has 0 aromatic carbocycles. The zero-order valence-corrected chi connectivity index (χ0v) is 20.5. The van der Waals surface area contributed by atoms with E-state index in [9.17, 15) is 9.59 Å². The average molecular weight is 487 g/mol. The fraction of sp³-hybridized carbons (Fsp3) is 0.308. The number of aryl methyl sites for hydroxylation is 2. The quantitative estimate of drug-likeness (QED) is 0.238. The summed E-state index contributed by atoms with van der Waals surface area (Å²) in [6.45, 7) is 6.26. The molecule has 0 atom stereocenters.